The monoisotopic (exact) mass is 519 g/mol. The minimum atomic E-state index is -0.850. The van der Waals surface area contributed by atoms with Crippen LogP contribution in [0.1, 0.15) is 57.9 Å². The number of aliphatic hydroxyl groups is 1. The molecule has 0 aliphatic heterocycles. The van der Waals surface area contributed by atoms with Crippen molar-refractivity contribution in [3.05, 3.63) is 35.0 Å². The highest BCUT2D eigenvalue weighted by Gasteiger charge is 2.38. The van der Waals surface area contributed by atoms with E-state index in [1.165, 1.54) is 0 Å². The first kappa shape index (κ1) is 24.6. The van der Waals surface area contributed by atoms with Crippen LogP contribution in [-0.2, 0) is 4.79 Å². The minimum absolute atomic E-state index is 0.0597. The molecule has 3 aromatic rings. The van der Waals surface area contributed by atoms with Crippen molar-refractivity contribution in [1.82, 2.24) is 19.5 Å². The summed E-state index contributed by atoms with van der Waals surface area (Å²) in [6.07, 6.45) is 5.79. The van der Waals surface area contributed by atoms with E-state index in [-0.39, 0.29) is 40.8 Å². The molecule has 9 nitrogen and oxygen atoms in total. The fraction of sp³-hybridized carbons (Fsp3) is 0.500. The van der Waals surface area contributed by atoms with Crippen LogP contribution in [0.3, 0.4) is 0 Å². The SMILES string of the molecule is C[C@]1(C(N)=O)CC[C@H](n2c(Nc3c(F)cc(F)cc3Cl)nc3cnc(N[C@@H]4CC[C@@H](O)C4)nc32)CC1. The van der Waals surface area contributed by atoms with E-state index in [9.17, 15) is 18.7 Å². The maximum absolute atomic E-state index is 14.6. The second-order valence-electron chi connectivity index (χ2n) is 10.0. The number of aliphatic hydroxyl groups excluding tert-OH is 1. The number of hydrogen-bond donors (Lipinski definition) is 4. The van der Waals surface area contributed by atoms with Crippen molar-refractivity contribution >= 4 is 46.3 Å². The van der Waals surface area contributed by atoms with Gasteiger partial charge in [0.05, 0.1) is 23.0 Å². The molecule has 5 N–H and O–H groups in total. The largest absolute Gasteiger partial charge is 0.393 e. The van der Waals surface area contributed by atoms with Crippen LogP contribution in [0.25, 0.3) is 11.2 Å². The Balaban J connectivity index is 1.53. The van der Waals surface area contributed by atoms with Crippen molar-refractivity contribution in [2.45, 2.75) is 70.1 Å². The number of anilines is 3. The summed E-state index contributed by atoms with van der Waals surface area (Å²) < 4.78 is 30.1. The van der Waals surface area contributed by atoms with Gasteiger partial charge in [0.2, 0.25) is 17.8 Å². The lowest BCUT2D eigenvalue weighted by atomic mass is 9.73. The molecule has 192 valence electrons. The molecule has 0 spiro atoms. The summed E-state index contributed by atoms with van der Waals surface area (Å²) in [6, 6.07) is 1.72. The van der Waals surface area contributed by atoms with E-state index in [2.05, 4.69) is 20.6 Å². The zero-order chi connectivity index (χ0) is 25.6. The molecule has 2 saturated carbocycles. The van der Waals surface area contributed by atoms with Crippen molar-refractivity contribution in [3.63, 3.8) is 0 Å². The van der Waals surface area contributed by atoms with Gasteiger partial charge in [-0.1, -0.05) is 18.5 Å². The number of imidazole rings is 1. The number of fused-ring (bicyclic) bond motifs is 1. The molecule has 2 atom stereocenters. The zero-order valence-electron chi connectivity index (χ0n) is 19.8. The molecule has 5 rings (SSSR count). The summed E-state index contributed by atoms with van der Waals surface area (Å²) in [7, 11) is 0. The second kappa shape index (κ2) is 9.44. The number of amides is 1. The molecule has 1 aromatic carbocycles. The fourth-order valence-corrected chi connectivity index (χ4v) is 5.43. The highest BCUT2D eigenvalue weighted by Crippen LogP contribution is 2.43. The Bertz CT molecular complexity index is 1290. The van der Waals surface area contributed by atoms with Crippen LogP contribution in [0.4, 0.5) is 26.4 Å². The number of nitrogens with one attached hydrogen (secondary N) is 2. The molecule has 2 aliphatic carbocycles. The van der Waals surface area contributed by atoms with Crippen molar-refractivity contribution < 1.29 is 18.7 Å². The second-order valence-corrected chi connectivity index (χ2v) is 10.4. The van der Waals surface area contributed by atoms with Crippen LogP contribution in [0.2, 0.25) is 5.02 Å². The van der Waals surface area contributed by atoms with Crippen LogP contribution >= 0.6 is 11.6 Å². The maximum atomic E-state index is 14.6. The first-order valence-corrected chi connectivity index (χ1v) is 12.4. The van der Waals surface area contributed by atoms with Crippen LogP contribution in [0.15, 0.2) is 18.3 Å². The highest BCUT2D eigenvalue weighted by molar-refractivity contribution is 6.33. The van der Waals surface area contributed by atoms with Gasteiger partial charge < -0.3 is 21.5 Å². The van der Waals surface area contributed by atoms with Gasteiger partial charge in [-0.2, -0.15) is 4.98 Å². The molecule has 1 amide bonds. The van der Waals surface area contributed by atoms with Gasteiger partial charge in [0.15, 0.2) is 11.5 Å². The van der Waals surface area contributed by atoms with Crippen molar-refractivity contribution in [2.75, 3.05) is 10.6 Å². The Kier molecular flexibility index (Phi) is 6.46. The lowest BCUT2D eigenvalue weighted by Gasteiger charge is -2.35. The van der Waals surface area contributed by atoms with Crippen LogP contribution < -0.4 is 16.4 Å². The lowest BCUT2D eigenvalue weighted by Crippen LogP contribution is -2.38. The average molecular weight is 520 g/mol. The summed E-state index contributed by atoms with van der Waals surface area (Å²) in [5, 5.41) is 15.9. The van der Waals surface area contributed by atoms with Gasteiger partial charge >= 0.3 is 0 Å². The summed E-state index contributed by atoms with van der Waals surface area (Å²) in [5.41, 5.74) is 5.95. The van der Waals surface area contributed by atoms with E-state index in [1.54, 1.807) is 6.20 Å². The predicted molar refractivity (Wildman–Crippen MR) is 132 cm³/mol. The summed E-state index contributed by atoms with van der Waals surface area (Å²) in [5.74, 6) is -1.28. The van der Waals surface area contributed by atoms with Gasteiger partial charge in [-0.05, 0) is 51.0 Å². The fourth-order valence-electron chi connectivity index (χ4n) is 5.18. The summed E-state index contributed by atoms with van der Waals surface area (Å²) in [6.45, 7) is 1.87. The Morgan fingerprint density at radius 3 is 2.61 bits per heavy atom. The van der Waals surface area contributed by atoms with E-state index in [0.717, 1.165) is 25.0 Å². The molecule has 2 aliphatic rings. The van der Waals surface area contributed by atoms with Crippen molar-refractivity contribution in [3.8, 4) is 0 Å². The predicted octanol–water partition coefficient (Wildman–Crippen LogP) is 4.43. The van der Waals surface area contributed by atoms with Gasteiger partial charge in [0, 0.05) is 23.6 Å². The zero-order valence-corrected chi connectivity index (χ0v) is 20.5. The van der Waals surface area contributed by atoms with Gasteiger partial charge in [0.25, 0.3) is 0 Å². The number of nitrogens with two attached hydrogens (primary N) is 1. The normalized spacial score (nSPS) is 26.3. The number of nitrogens with zero attached hydrogens (tertiary/aromatic N) is 4. The Labute approximate surface area is 211 Å². The lowest BCUT2D eigenvalue weighted by molar-refractivity contribution is -0.128. The molecule has 0 bridgehead atoms. The van der Waals surface area contributed by atoms with Gasteiger partial charge in [-0.25, -0.2) is 18.7 Å². The molecule has 2 heterocycles. The molecule has 12 heteroatoms. The highest BCUT2D eigenvalue weighted by atomic mass is 35.5. The summed E-state index contributed by atoms with van der Waals surface area (Å²) >= 11 is 6.14. The number of carbonyl (C=O) groups excluding carboxylic acids is 1. The van der Waals surface area contributed by atoms with Gasteiger partial charge in [0.1, 0.15) is 11.3 Å². The molecular weight excluding hydrogens is 492 g/mol. The third kappa shape index (κ3) is 4.69. The molecule has 0 radical (unpaired) electrons. The van der Waals surface area contributed by atoms with E-state index < -0.39 is 17.0 Å². The van der Waals surface area contributed by atoms with E-state index in [1.807, 2.05) is 11.5 Å². The topological polar surface area (TPSA) is 131 Å². The molecule has 36 heavy (non-hydrogen) atoms. The van der Waals surface area contributed by atoms with E-state index in [0.29, 0.717) is 49.2 Å². The third-order valence-corrected chi connectivity index (χ3v) is 7.73. The van der Waals surface area contributed by atoms with Crippen LogP contribution in [0.5, 0.6) is 0 Å². The Morgan fingerprint density at radius 2 is 1.97 bits per heavy atom. The van der Waals surface area contributed by atoms with E-state index in [4.69, 9.17) is 22.3 Å². The number of primary amides is 1. The number of halogens is 3. The average Bonchev–Trinajstić information content (AvgIpc) is 3.39. The molecular formula is C24H28ClF2N7O2. The number of carbonyl (C=O) groups is 1. The molecule has 0 unspecified atom stereocenters. The van der Waals surface area contributed by atoms with Crippen LogP contribution in [0, 0.1) is 17.0 Å². The third-order valence-electron chi connectivity index (χ3n) is 7.43. The number of rotatable bonds is 6. The molecule has 2 aromatic heterocycles. The Morgan fingerprint density at radius 1 is 1.22 bits per heavy atom. The maximum Gasteiger partial charge on any atom is 0.224 e. The quantitative estimate of drug-likeness (QED) is 0.379. The number of benzene rings is 1. The van der Waals surface area contributed by atoms with Crippen LogP contribution in [-0.4, -0.2) is 42.7 Å². The standard InChI is InChI=1S/C24H28ClF2N7O2/c1-24(21(28)36)6-4-14(5-7-24)34-20-18(11-29-22(33-20)30-13-2-3-15(35)10-13)31-23(34)32-19-16(25)8-12(26)9-17(19)27/h8-9,11,13-15,35H,2-7,10H2,1H3,(H2,28,36)(H,31,32)(H,29,30,33)/t13-,14-,15-,24-/m1/s1. The first-order chi connectivity index (χ1) is 17.1. The molecule has 2 fully saturated rings. The minimum Gasteiger partial charge on any atom is -0.393 e. The van der Waals surface area contributed by atoms with Crippen molar-refractivity contribution in [1.29, 1.82) is 0 Å². The molecule has 0 saturated heterocycles. The first-order valence-electron chi connectivity index (χ1n) is 12.0. The van der Waals surface area contributed by atoms with Gasteiger partial charge in [-0.3, -0.25) is 9.36 Å². The number of hydrogen-bond acceptors (Lipinski definition) is 7. The smallest absolute Gasteiger partial charge is 0.224 e. The van der Waals surface area contributed by atoms with Gasteiger partial charge in [-0.15, -0.1) is 0 Å². The Hall–Kier alpha value is -3.05. The summed E-state index contributed by atoms with van der Waals surface area (Å²) in [4.78, 5) is 25.7. The van der Waals surface area contributed by atoms with E-state index >= 15 is 0 Å². The number of aromatic nitrogens is 4. The van der Waals surface area contributed by atoms with Crippen molar-refractivity contribution in [2.24, 2.45) is 11.1 Å².